The van der Waals surface area contributed by atoms with Crippen LogP contribution < -0.4 is 5.32 Å². The van der Waals surface area contributed by atoms with Crippen LogP contribution in [0.15, 0.2) is 12.2 Å². The molecule has 0 aliphatic rings. The van der Waals surface area contributed by atoms with E-state index in [2.05, 4.69) is 44.5 Å². The number of nitrogens with one attached hydrogen (secondary N) is 1. The van der Waals surface area contributed by atoms with Gasteiger partial charge in [0, 0.05) is 30.2 Å². The number of carbonyl (C=O) groups excluding carboxylic acids is 1. The minimum Gasteiger partial charge on any atom is -0.350 e. The maximum absolute atomic E-state index is 11.4. The average Bonchev–Trinajstić information content (AvgIpc) is 2.16. The molecule has 0 aliphatic heterocycles. The molecular weight excluding hydrogens is 212 g/mol. The molecule has 0 heterocycles. The van der Waals surface area contributed by atoms with E-state index in [4.69, 9.17) is 0 Å². The van der Waals surface area contributed by atoms with Crippen molar-refractivity contribution in [2.75, 3.05) is 6.54 Å². The predicted molar refractivity (Wildman–Crippen MR) is 74.0 cm³/mol. The minimum absolute atomic E-state index is 0.0434. The molecular formula is C14H28N2O. The summed E-state index contributed by atoms with van der Waals surface area (Å²) in [7, 11) is 0. The zero-order valence-electron chi connectivity index (χ0n) is 12.2. The lowest BCUT2D eigenvalue weighted by Crippen LogP contribution is -2.41. The second-order valence-electron chi connectivity index (χ2n) is 5.37. The van der Waals surface area contributed by atoms with Gasteiger partial charge in [-0.3, -0.25) is 9.69 Å². The molecule has 3 nitrogen and oxygen atoms in total. The lowest BCUT2D eigenvalue weighted by Gasteiger charge is -2.31. The van der Waals surface area contributed by atoms with Gasteiger partial charge in [0.2, 0.25) is 5.91 Å². The average molecular weight is 240 g/mol. The second-order valence-corrected chi connectivity index (χ2v) is 5.37. The second kappa shape index (κ2) is 7.49. The third kappa shape index (κ3) is 6.47. The van der Waals surface area contributed by atoms with Gasteiger partial charge < -0.3 is 5.32 Å². The largest absolute Gasteiger partial charge is 0.350 e. The van der Waals surface area contributed by atoms with E-state index in [0.717, 1.165) is 13.0 Å². The summed E-state index contributed by atoms with van der Waals surface area (Å²) in [6.45, 7) is 17.2. The van der Waals surface area contributed by atoms with E-state index in [0.29, 0.717) is 17.7 Å². The molecule has 3 heteroatoms. The van der Waals surface area contributed by atoms with Gasteiger partial charge in [-0.05, 0) is 48.0 Å². The van der Waals surface area contributed by atoms with E-state index in [1.54, 1.807) is 6.92 Å². The monoisotopic (exact) mass is 240 g/mol. The zero-order valence-corrected chi connectivity index (χ0v) is 12.2. The Morgan fingerprint density at radius 3 is 2.00 bits per heavy atom. The summed E-state index contributed by atoms with van der Waals surface area (Å²) in [6, 6.07) is 1.28. The Labute approximate surface area is 106 Å². The molecule has 0 aliphatic carbocycles. The Balaban J connectivity index is 4.09. The van der Waals surface area contributed by atoms with Crippen molar-refractivity contribution >= 4 is 5.91 Å². The Morgan fingerprint density at radius 1 is 1.18 bits per heavy atom. The van der Waals surface area contributed by atoms with E-state index < -0.39 is 0 Å². The van der Waals surface area contributed by atoms with Crippen LogP contribution in [0.1, 0.15) is 48.0 Å². The van der Waals surface area contributed by atoms with Crippen molar-refractivity contribution in [2.45, 2.75) is 66.1 Å². The molecule has 0 rings (SSSR count). The topological polar surface area (TPSA) is 32.3 Å². The summed E-state index contributed by atoms with van der Waals surface area (Å²) in [4.78, 5) is 13.9. The van der Waals surface area contributed by atoms with E-state index in [-0.39, 0.29) is 11.9 Å². The molecule has 0 saturated heterocycles. The van der Waals surface area contributed by atoms with Crippen LogP contribution >= 0.6 is 0 Å². The SMILES string of the molecule is C=C(C)C(=O)NC(C)CCN(C(C)C)C(C)C. The molecule has 1 N–H and O–H groups in total. The van der Waals surface area contributed by atoms with E-state index in [9.17, 15) is 4.79 Å². The fraction of sp³-hybridized carbons (Fsp3) is 0.786. The predicted octanol–water partition coefficient (Wildman–Crippen LogP) is 2.58. The number of hydrogen-bond acceptors (Lipinski definition) is 2. The van der Waals surface area contributed by atoms with Crippen LogP contribution in [0.25, 0.3) is 0 Å². The summed E-state index contributed by atoms with van der Waals surface area (Å²) >= 11 is 0. The van der Waals surface area contributed by atoms with Crippen LogP contribution in [0, 0.1) is 0 Å². The molecule has 0 saturated carbocycles. The lowest BCUT2D eigenvalue weighted by molar-refractivity contribution is -0.118. The molecule has 0 radical (unpaired) electrons. The molecule has 1 unspecified atom stereocenters. The Morgan fingerprint density at radius 2 is 1.65 bits per heavy atom. The number of rotatable bonds is 7. The quantitative estimate of drug-likeness (QED) is 0.694. The first kappa shape index (κ1) is 16.2. The van der Waals surface area contributed by atoms with Gasteiger partial charge in [0.05, 0.1) is 0 Å². The summed E-state index contributed by atoms with van der Waals surface area (Å²) in [5.41, 5.74) is 0.571. The summed E-state index contributed by atoms with van der Waals surface area (Å²) in [6.07, 6.45) is 0.968. The van der Waals surface area contributed by atoms with Crippen LogP contribution in [0.5, 0.6) is 0 Å². The fourth-order valence-electron chi connectivity index (χ4n) is 1.87. The normalized spacial score (nSPS) is 13.2. The van der Waals surface area contributed by atoms with Gasteiger partial charge in [0.25, 0.3) is 0 Å². The van der Waals surface area contributed by atoms with Crippen molar-refractivity contribution < 1.29 is 4.79 Å². The number of carbonyl (C=O) groups is 1. The maximum atomic E-state index is 11.4. The molecule has 0 aromatic heterocycles. The van der Waals surface area contributed by atoms with Crippen molar-refractivity contribution in [1.29, 1.82) is 0 Å². The lowest BCUT2D eigenvalue weighted by atomic mass is 10.1. The van der Waals surface area contributed by atoms with Gasteiger partial charge in [-0.15, -0.1) is 0 Å². The van der Waals surface area contributed by atoms with E-state index in [1.165, 1.54) is 0 Å². The molecule has 0 aromatic rings. The van der Waals surface area contributed by atoms with E-state index in [1.807, 2.05) is 6.92 Å². The molecule has 100 valence electrons. The summed E-state index contributed by atoms with van der Waals surface area (Å²) in [5, 5.41) is 2.95. The maximum Gasteiger partial charge on any atom is 0.246 e. The first-order valence-electron chi connectivity index (χ1n) is 6.47. The molecule has 0 aromatic carbocycles. The highest BCUT2D eigenvalue weighted by Gasteiger charge is 2.15. The first-order chi connectivity index (χ1) is 7.75. The van der Waals surface area contributed by atoms with Gasteiger partial charge in [-0.2, -0.15) is 0 Å². The smallest absolute Gasteiger partial charge is 0.246 e. The Bertz CT molecular complexity index is 251. The molecule has 0 spiro atoms. The van der Waals surface area contributed by atoms with Crippen LogP contribution in [0.4, 0.5) is 0 Å². The highest BCUT2D eigenvalue weighted by Crippen LogP contribution is 2.07. The highest BCUT2D eigenvalue weighted by molar-refractivity contribution is 5.92. The molecule has 1 atom stereocenters. The number of nitrogens with zero attached hydrogens (tertiary/aromatic N) is 1. The third-order valence-electron chi connectivity index (χ3n) is 2.91. The Kier molecular flexibility index (Phi) is 7.12. The van der Waals surface area contributed by atoms with Crippen molar-refractivity contribution in [3.63, 3.8) is 0 Å². The molecule has 0 fully saturated rings. The summed E-state index contributed by atoms with van der Waals surface area (Å²) < 4.78 is 0. The van der Waals surface area contributed by atoms with Crippen molar-refractivity contribution in [3.05, 3.63) is 12.2 Å². The van der Waals surface area contributed by atoms with Gasteiger partial charge in [-0.1, -0.05) is 6.58 Å². The zero-order chi connectivity index (χ0) is 13.6. The molecule has 1 amide bonds. The first-order valence-corrected chi connectivity index (χ1v) is 6.47. The third-order valence-corrected chi connectivity index (χ3v) is 2.91. The van der Waals surface area contributed by atoms with Crippen LogP contribution in [-0.4, -0.2) is 35.5 Å². The fourth-order valence-corrected chi connectivity index (χ4v) is 1.87. The molecule has 17 heavy (non-hydrogen) atoms. The van der Waals surface area contributed by atoms with Crippen LogP contribution in [0.2, 0.25) is 0 Å². The molecule has 0 bridgehead atoms. The van der Waals surface area contributed by atoms with Crippen LogP contribution in [-0.2, 0) is 4.79 Å². The van der Waals surface area contributed by atoms with Gasteiger partial charge in [0.15, 0.2) is 0 Å². The van der Waals surface area contributed by atoms with Gasteiger partial charge >= 0.3 is 0 Å². The minimum atomic E-state index is -0.0434. The number of amides is 1. The van der Waals surface area contributed by atoms with Crippen LogP contribution in [0.3, 0.4) is 0 Å². The standard InChI is InChI=1S/C14H28N2O/c1-10(2)14(17)15-13(7)8-9-16(11(3)4)12(5)6/h11-13H,1,8-9H2,2-7H3,(H,15,17). The highest BCUT2D eigenvalue weighted by atomic mass is 16.1. The Hall–Kier alpha value is -0.830. The van der Waals surface area contributed by atoms with Crippen molar-refractivity contribution in [1.82, 2.24) is 10.2 Å². The number of hydrogen-bond donors (Lipinski definition) is 1. The van der Waals surface area contributed by atoms with Gasteiger partial charge in [0.1, 0.15) is 0 Å². The van der Waals surface area contributed by atoms with Crippen molar-refractivity contribution in [2.24, 2.45) is 0 Å². The van der Waals surface area contributed by atoms with Crippen molar-refractivity contribution in [3.8, 4) is 0 Å². The summed E-state index contributed by atoms with van der Waals surface area (Å²) in [5.74, 6) is -0.0434. The van der Waals surface area contributed by atoms with Gasteiger partial charge in [-0.25, -0.2) is 0 Å². The van der Waals surface area contributed by atoms with E-state index >= 15 is 0 Å².